The number of carbonyl (C=O) groups excluding carboxylic acids is 1. The van der Waals surface area contributed by atoms with Gasteiger partial charge in [0.15, 0.2) is 0 Å². The monoisotopic (exact) mass is 219 g/mol. The fourth-order valence-corrected chi connectivity index (χ4v) is 2.54. The number of hydrogen-bond donors (Lipinski definition) is 2. The molecule has 6 heteroatoms. The summed E-state index contributed by atoms with van der Waals surface area (Å²) in [6, 6.07) is -1.02. The average molecular weight is 219 g/mol. The SMILES string of the molecule is CC(=O)NC(CS(=O)C1CC1)C(=O)O. The van der Waals surface area contributed by atoms with Gasteiger partial charge in [0.1, 0.15) is 6.04 Å². The summed E-state index contributed by atoms with van der Waals surface area (Å²) in [5.74, 6) is -1.53. The molecule has 0 bridgehead atoms. The lowest BCUT2D eigenvalue weighted by Gasteiger charge is -2.12. The van der Waals surface area contributed by atoms with Crippen LogP contribution in [0.1, 0.15) is 19.8 Å². The van der Waals surface area contributed by atoms with E-state index in [1.165, 1.54) is 6.92 Å². The molecular formula is C8H13NO4S. The molecule has 1 aliphatic rings. The quantitative estimate of drug-likeness (QED) is 0.652. The third-order valence-electron chi connectivity index (χ3n) is 1.90. The Morgan fingerprint density at radius 2 is 2.14 bits per heavy atom. The highest BCUT2D eigenvalue weighted by Crippen LogP contribution is 2.26. The van der Waals surface area contributed by atoms with Crippen LogP contribution in [0.2, 0.25) is 0 Å². The summed E-state index contributed by atoms with van der Waals surface area (Å²) in [5, 5.41) is 11.1. The Morgan fingerprint density at radius 3 is 2.50 bits per heavy atom. The summed E-state index contributed by atoms with van der Waals surface area (Å²) in [4.78, 5) is 21.3. The van der Waals surface area contributed by atoms with Gasteiger partial charge in [-0.1, -0.05) is 0 Å². The lowest BCUT2D eigenvalue weighted by molar-refractivity contribution is -0.140. The van der Waals surface area contributed by atoms with Gasteiger partial charge in [0.05, 0.1) is 5.75 Å². The standard InChI is InChI=1S/C8H13NO4S/c1-5(10)9-7(8(11)12)4-14(13)6-2-3-6/h6-7H,2-4H2,1H3,(H,9,10)(H,11,12). The second kappa shape index (κ2) is 4.54. The van der Waals surface area contributed by atoms with Gasteiger partial charge in [-0.3, -0.25) is 9.00 Å². The third-order valence-corrected chi connectivity index (χ3v) is 3.78. The van der Waals surface area contributed by atoms with Crippen LogP contribution in [0, 0.1) is 0 Å². The Morgan fingerprint density at radius 1 is 1.57 bits per heavy atom. The smallest absolute Gasteiger partial charge is 0.327 e. The fraction of sp³-hybridized carbons (Fsp3) is 0.750. The van der Waals surface area contributed by atoms with E-state index in [2.05, 4.69) is 5.32 Å². The molecule has 2 unspecified atom stereocenters. The van der Waals surface area contributed by atoms with Crippen LogP contribution in [0.5, 0.6) is 0 Å². The number of carbonyl (C=O) groups is 2. The van der Waals surface area contributed by atoms with Gasteiger partial charge in [0.25, 0.3) is 0 Å². The molecular weight excluding hydrogens is 206 g/mol. The van der Waals surface area contributed by atoms with E-state index < -0.39 is 28.7 Å². The van der Waals surface area contributed by atoms with E-state index in [0.717, 1.165) is 12.8 Å². The lowest BCUT2D eigenvalue weighted by atomic mass is 10.3. The molecule has 0 saturated heterocycles. The first-order valence-corrected chi connectivity index (χ1v) is 5.76. The molecule has 0 radical (unpaired) electrons. The summed E-state index contributed by atoms with van der Waals surface area (Å²) in [6.45, 7) is 1.25. The van der Waals surface area contributed by atoms with Crippen LogP contribution in [0.15, 0.2) is 0 Å². The topological polar surface area (TPSA) is 83.5 Å². The largest absolute Gasteiger partial charge is 0.480 e. The second-order valence-electron chi connectivity index (χ2n) is 3.34. The first kappa shape index (κ1) is 11.2. The Kier molecular flexibility index (Phi) is 3.62. The van der Waals surface area contributed by atoms with Crippen molar-refractivity contribution < 1.29 is 18.9 Å². The lowest BCUT2D eigenvalue weighted by Crippen LogP contribution is -2.43. The van der Waals surface area contributed by atoms with E-state index >= 15 is 0 Å². The van der Waals surface area contributed by atoms with Crippen LogP contribution < -0.4 is 5.32 Å². The normalized spacial score (nSPS) is 19.8. The number of hydrogen-bond acceptors (Lipinski definition) is 3. The molecule has 14 heavy (non-hydrogen) atoms. The highest BCUT2D eigenvalue weighted by molar-refractivity contribution is 7.86. The molecule has 0 aromatic heterocycles. The van der Waals surface area contributed by atoms with Crippen molar-refractivity contribution in [3.63, 3.8) is 0 Å². The van der Waals surface area contributed by atoms with Crippen LogP contribution in [0.4, 0.5) is 0 Å². The van der Waals surface area contributed by atoms with Gasteiger partial charge in [-0.25, -0.2) is 4.79 Å². The van der Waals surface area contributed by atoms with E-state index in [1.54, 1.807) is 0 Å². The van der Waals surface area contributed by atoms with Crippen molar-refractivity contribution in [3.8, 4) is 0 Å². The molecule has 0 aromatic rings. The Hall–Kier alpha value is -0.910. The fourth-order valence-electron chi connectivity index (χ4n) is 1.05. The van der Waals surface area contributed by atoms with Crippen molar-refractivity contribution in [3.05, 3.63) is 0 Å². The molecule has 0 heterocycles. The minimum absolute atomic E-state index is 0.0135. The van der Waals surface area contributed by atoms with Crippen LogP contribution in [-0.2, 0) is 20.4 Å². The van der Waals surface area contributed by atoms with Gasteiger partial charge in [-0.2, -0.15) is 0 Å². The van der Waals surface area contributed by atoms with Gasteiger partial charge in [0.2, 0.25) is 5.91 Å². The number of carboxylic acid groups (broad SMARTS) is 1. The van der Waals surface area contributed by atoms with Crippen molar-refractivity contribution in [2.75, 3.05) is 5.75 Å². The molecule has 0 spiro atoms. The summed E-state index contributed by atoms with van der Waals surface area (Å²) in [5.41, 5.74) is 0. The van der Waals surface area contributed by atoms with E-state index in [-0.39, 0.29) is 11.0 Å². The number of amides is 1. The predicted octanol–water partition coefficient (Wildman–Crippen LogP) is -0.513. The number of rotatable bonds is 5. The van der Waals surface area contributed by atoms with Crippen molar-refractivity contribution in [2.24, 2.45) is 0 Å². The van der Waals surface area contributed by atoms with Gasteiger partial charge in [-0.05, 0) is 12.8 Å². The molecule has 1 aliphatic carbocycles. The third kappa shape index (κ3) is 3.45. The molecule has 2 N–H and O–H groups in total. The first-order valence-electron chi connectivity index (χ1n) is 4.37. The van der Waals surface area contributed by atoms with Crippen LogP contribution in [-0.4, -0.2) is 38.2 Å². The molecule has 0 aromatic carbocycles. The van der Waals surface area contributed by atoms with Crippen LogP contribution in [0.25, 0.3) is 0 Å². The minimum Gasteiger partial charge on any atom is -0.480 e. The van der Waals surface area contributed by atoms with Crippen LogP contribution in [0.3, 0.4) is 0 Å². The molecule has 1 saturated carbocycles. The van der Waals surface area contributed by atoms with Crippen molar-refractivity contribution in [1.82, 2.24) is 5.32 Å². The van der Waals surface area contributed by atoms with E-state index in [1.807, 2.05) is 0 Å². The zero-order valence-corrected chi connectivity index (χ0v) is 8.67. The maximum absolute atomic E-state index is 11.4. The summed E-state index contributed by atoms with van der Waals surface area (Å²) in [6.07, 6.45) is 1.80. The zero-order chi connectivity index (χ0) is 10.7. The predicted molar refractivity (Wildman–Crippen MR) is 51.3 cm³/mol. The Labute approximate surface area is 84.3 Å². The minimum atomic E-state index is -1.13. The molecule has 1 amide bonds. The van der Waals surface area contributed by atoms with Gasteiger partial charge in [0, 0.05) is 23.0 Å². The molecule has 80 valence electrons. The highest BCUT2D eigenvalue weighted by Gasteiger charge is 2.32. The first-order chi connectivity index (χ1) is 6.50. The van der Waals surface area contributed by atoms with Crippen molar-refractivity contribution >= 4 is 22.7 Å². The number of nitrogens with one attached hydrogen (secondary N) is 1. The van der Waals surface area contributed by atoms with E-state index in [9.17, 15) is 13.8 Å². The Balaban J connectivity index is 2.45. The number of carboxylic acids is 1. The van der Waals surface area contributed by atoms with Crippen molar-refractivity contribution in [1.29, 1.82) is 0 Å². The average Bonchev–Trinajstić information content (AvgIpc) is 2.83. The van der Waals surface area contributed by atoms with Gasteiger partial charge >= 0.3 is 5.97 Å². The van der Waals surface area contributed by atoms with Crippen molar-refractivity contribution in [2.45, 2.75) is 31.1 Å². The molecule has 2 atom stereocenters. The Bertz CT molecular complexity index is 275. The highest BCUT2D eigenvalue weighted by atomic mass is 32.2. The second-order valence-corrected chi connectivity index (χ2v) is 5.10. The molecule has 1 fully saturated rings. The van der Waals surface area contributed by atoms with Gasteiger partial charge < -0.3 is 10.4 Å². The van der Waals surface area contributed by atoms with E-state index in [0.29, 0.717) is 0 Å². The maximum Gasteiger partial charge on any atom is 0.327 e. The number of aliphatic carboxylic acids is 1. The molecule has 0 aliphatic heterocycles. The summed E-state index contributed by atoms with van der Waals surface area (Å²) < 4.78 is 11.4. The van der Waals surface area contributed by atoms with E-state index in [4.69, 9.17) is 5.11 Å². The molecule has 5 nitrogen and oxygen atoms in total. The summed E-state index contributed by atoms with van der Waals surface area (Å²) >= 11 is 0. The zero-order valence-electron chi connectivity index (χ0n) is 7.86. The maximum atomic E-state index is 11.4. The van der Waals surface area contributed by atoms with Crippen LogP contribution >= 0.6 is 0 Å². The summed E-state index contributed by atoms with van der Waals surface area (Å²) in [7, 11) is -1.12. The van der Waals surface area contributed by atoms with Gasteiger partial charge in [-0.15, -0.1) is 0 Å². The molecule has 1 rings (SSSR count).